The second kappa shape index (κ2) is 7.12. The van der Waals surface area contributed by atoms with Crippen LogP contribution in [0.5, 0.6) is 5.75 Å². The van der Waals surface area contributed by atoms with Gasteiger partial charge in [-0.1, -0.05) is 37.2 Å². The SMILES string of the molecule is CCOc1ccccc1CS(=O)(=O)[C@H](C)c1nc(C(C)C)no1. The Hall–Kier alpha value is -1.89. The third-order valence-corrected chi connectivity index (χ3v) is 5.48. The highest BCUT2D eigenvalue weighted by atomic mass is 32.2. The van der Waals surface area contributed by atoms with E-state index in [1.165, 1.54) is 0 Å². The van der Waals surface area contributed by atoms with Gasteiger partial charge in [-0.15, -0.1) is 0 Å². The summed E-state index contributed by atoms with van der Waals surface area (Å²) in [5, 5.41) is 2.97. The van der Waals surface area contributed by atoms with Crippen LogP contribution >= 0.6 is 0 Å². The van der Waals surface area contributed by atoms with Crippen molar-refractivity contribution >= 4 is 9.84 Å². The Bertz CT molecular complexity index is 753. The zero-order valence-corrected chi connectivity index (χ0v) is 14.6. The van der Waals surface area contributed by atoms with Gasteiger partial charge in [-0.2, -0.15) is 4.98 Å². The zero-order chi connectivity index (χ0) is 17.0. The first-order valence-corrected chi connectivity index (χ1v) is 9.32. The van der Waals surface area contributed by atoms with E-state index in [2.05, 4.69) is 10.1 Å². The van der Waals surface area contributed by atoms with E-state index >= 15 is 0 Å². The standard InChI is InChI=1S/C16H22N2O4S/c1-5-21-14-9-7-6-8-13(14)10-23(19,20)12(4)16-17-15(11(2)3)18-22-16/h6-9,11-12H,5,10H2,1-4H3/t12-/m1/s1. The van der Waals surface area contributed by atoms with Crippen molar-refractivity contribution < 1.29 is 17.7 Å². The van der Waals surface area contributed by atoms with Crippen molar-refractivity contribution in [1.82, 2.24) is 10.1 Å². The van der Waals surface area contributed by atoms with Crippen LogP contribution in [0.25, 0.3) is 0 Å². The normalized spacial score (nSPS) is 13.3. The summed E-state index contributed by atoms with van der Waals surface area (Å²) in [4.78, 5) is 4.19. The quantitative estimate of drug-likeness (QED) is 0.770. The number of hydrogen-bond donors (Lipinski definition) is 0. The number of nitrogens with zero attached hydrogens (tertiary/aromatic N) is 2. The molecule has 0 aliphatic carbocycles. The van der Waals surface area contributed by atoms with Crippen LogP contribution in [0, 0.1) is 0 Å². The molecule has 1 aromatic heterocycles. The van der Waals surface area contributed by atoms with Crippen LogP contribution in [0.2, 0.25) is 0 Å². The summed E-state index contributed by atoms with van der Waals surface area (Å²) in [5.74, 6) is 1.17. The molecule has 0 bridgehead atoms. The number of rotatable bonds is 7. The van der Waals surface area contributed by atoms with Crippen LogP contribution in [0.15, 0.2) is 28.8 Å². The van der Waals surface area contributed by atoms with Gasteiger partial charge in [0.25, 0.3) is 0 Å². The van der Waals surface area contributed by atoms with Crippen molar-refractivity contribution in [2.24, 2.45) is 0 Å². The second-order valence-corrected chi connectivity index (χ2v) is 7.96. The number of sulfone groups is 1. The Balaban J connectivity index is 2.24. The molecule has 0 fully saturated rings. The molecule has 0 unspecified atom stereocenters. The summed E-state index contributed by atoms with van der Waals surface area (Å²) in [7, 11) is -3.50. The lowest BCUT2D eigenvalue weighted by atomic mass is 10.2. The first-order valence-electron chi connectivity index (χ1n) is 7.61. The maximum atomic E-state index is 12.7. The van der Waals surface area contributed by atoms with Gasteiger partial charge in [0.05, 0.1) is 12.4 Å². The lowest BCUT2D eigenvalue weighted by molar-refractivity contribution is 0.337. The summed E-state index contributed by atoms with van der Waals surface area (Å²) in [6.07, 6.45) is 0. The molecule has 1 heterocycles. The minimum absolute atomic E-state index is 0.0843. The molecule has 0 aliphatic rings. The number of hydrogen-bond acceptors (Lipinski definition) is 6. The number of para-hydroxylation sites is 1. The molecule has 0 radical (unpaired) electrons. The predicted molar refractivity (Wildman–Crippen MR) is 87.0 cm³/mol. The zero-order valence-electron chi connectivity index (χ0n) is 13.8. The third-order valence-electron chi connectivity index (χ3n) is 3.49. The summed E-state index contributed by atoms with van der Waals surface area (Å²) >= 11 is 0. The van der Waals surface area contributed by atoms with Crippen molar-refractivity contribution in [3.8, 4) is 5.75 Å². The molecule has 0 saturated carbocycles. The number of benzene rings is 1. The molecule has 0 amide bonds. The highest BCUT2D eigenvalue weighted by molar-refractivity contribution is 7.90. The van der Waals surface area contributed by atoms with E-state index in [-0.39, 0.29) is 17.6 Å². The molecule has 7 heteroatoms. The van der Waals surface area contributed by atoms with Gasteiger partial charge in [0.1, 0.15) is 11.0 Å². The Labute approximate surface area is 136 Å². The summed E-state index contributed by atoms with van der Waals surface area (Å²) in [6, 6.07) is 7.13. The predicted octanol–water partition coefficient (Wildman–Crippen LogP) is 3.27. The van der Waals surface area contributed by atoms with E-state index in [0.29, 0.717) is 23.7 Å². The largest absolute Gasteiger partial charge is 0.494 e. The fourth-order valence-electron chi connectivity index (χ4n) is 2.06. The number of aromatic nitrogens is 2. The average Bonchev–Trinajstić information content (AvgIpc) is 2.98. The minimum atomic E-state index is -3.50. The topological polar surface area (TPSA) is 82.3 Å². The van der Waals surface area contributed by atoms with Crippen molar-refractivity contribution in [2.75, 3.05) is 6.61 Å². The summed E-state index contributed by atoms with van der Waals surface area (Å²) in [5.41, 5.74) is 0.629. The minimum Gasteiger partial charge on any atom is -0.494 e. The molecule has 0 spiro atoms. The van der Waals surface area contributed by atoms with E-state index in [1.54, 1.807) is 25.1 Å². The highest BCUT2D eigenvalue weighted by Gasteiger charge is 2.29. The van der Waals surface area contributed by atoms with E-state index < -0.39 is 15.1 Å². The Morgan fingerprint density at radius 2 is 1.91 bits per heavy atom. The fraction of sp³-hybridized carbons (Fsp3) is 0.500. The van der Waals surface area contributed by atoms with Gasteiger partial charge in [-0.3, -0.25) is 0 Å². The van der Waals surface area contributed by atoms with E-state index in [9.17, 15) is 8.42 Å². The van der Waals surface area contributed by atoms with E-state index in [4.69, 9.17) is 9.26 Å². The van der Waals surface area contributed by atoms with Crippen molar-refractivity contribution in [2.45, 2.75) is 44.6 Å². The van der Waals surface area contributed by atoms with E-state index in [0.717, 1.165) is 0 Å². The molecular formula is C16H22N2O4S. The summed E-state index contributed by atoms with van der Waals surface area (Å²) in [6.45, 7) is 7.75. The molecule has 6 nitrogen and oxygen atoms in total. The van der Waals surface area contributed by atoms with Gasteiger partial charge >= 0.3 is 0 Å². The van der Waals surface area contributed by atoms with Gasteiger partial charge < -0.3 is 9.26 Å². The third kappa shape index (κ3) is 4.10. The first kappa shape index (κ1) is 17.5. The first-order chi connectivity index (χ1) is 10.8. The molecule has 2 rings (SSSR count). The Morgan fingerprint density at radius 1 is 1.22 bits per heavy atom. The molecule has 0 aliphatic heterocycles. The molecular weight excluding hydrogens is 316 g/mol. The molecule has 1 atom stereocenters. The van der Waals surface area contributed by atoms with Crippen LogP contribution in [0.4, 0.5) is 0 Å². The molecule has 0 saturated heterocycles. The monoisotopic (exact) mass is 338 g/mol. The van der Waals surface area contributed by atoms with Crippen LogP contribution in [-0.4, -0.2) is 25.2 Å². The Morgan fingerprint density at radius 3 is 2.52 bits per heavy atom. The van der Waals surface area contributed by atoms with Crippen LogP contribution in [-0.2, 0) is 15.6 Å². The molecule has 2 aromatic rings. The second-order valence-electron chi connectivity index (χ2n) is 5.64. The van der Waals surface area contributed by atoms with Gasteiger partial charge in [0, 0.05) is 11.5 Å². The smallest absolute Gasteiger partial charge is 0.244 e. The van der Waals surface area contributed by atoms with Crippen LogP contribution in [0.1, 0.15) is 56.1 Å². The molecule has 1 aromatic carbocycles. The van der Waals surface area contributed by atoms with Crippen molar-refractivity contribution in [3.63, 3.8) is 0 Å². The lowest BCUT2D eigenvalue weighted by Gasteiger charge is -2.12. The summed E-state index contributed by atoms with van der Waals surface area (Å²) < 4.78 is 35.9. The average molecular weight is 338 g/mol. The maximum absolute atomic E-state index is 12.7. The van der Waals surface area contributed by atoms with Crippen LogP contribution < -0.4 is 4.74 Å². The van der Waals surface area contributed by atoms with Crippen LogP contribution in [0.3, 0.4) is 0 Å². The fourth-order valence-corrected chi connectivity index (χ4v) is 3.39. The lowest BCUT2D eigenvalue weighted by Crippen LogP contribution is -2.14. The van der Waals surface area contributed by atoms with Crippen molar-refractivity contribution in [1.29, 1.82) is 0 Å². The van der Waals surface area contributed by atoms with Gasteiger partial charge in [-0.25, -0.2) is 8.42 Å². The van der Waals surface area contributed by atoms with Gasteiger partial charge in [0.2, 0.25) is 5.89 Å². The van der Waals surface area contributed by atoms with Crippen molar-refractivity contribution in [3.05, 3.63) is 41.5 Å². The maximum Gasteiger partial charge on any atom is 0.244 e. The molecule has 126 valence electrons. The Kier molecular flexibility index (Phi) is 5.41. The molecule has 0 N–H and O–H groups in total. The highest BCUT2D eigenvalue weighted by Crippen LogP contribution is 2.28. The van der Waals surface area contributed by atoms with Gasteiger partial charge in [-0.05, 0) is 19.9 Å². The van der Waals surface area contributed by atoms with E-state index in [1.807, 2.05) is 26.8 Å². The molecule has 23 heavy (non-hydrogen) atoms. The van der Waals surface area contributed by atoms with Gasteiger partial charge in [0.15, 0.2) is 15.7 Å². The number of ether oxygens (including phenoxy) is 1.